The summed E-state index contributed by atoms with van der Waals surface area (Å²) in [5.74, 6) is -0.0116. The topological polar surface area (TPSA) is 49.4 Å². The molecule has 24 heavy (non-hydrogen) atoms. The highest BCUT2D eigenvalue weighted by molar-refractivity contribution is 7.12. The zero-order valence-corrected chi connectivity index (χ0v) is 14.7. The molecule has 1 saturated heterocycles. The Balaban J connectivity index is 1.58. The van der Waals surface area contributed by atoms with Gasteiger partial charge in [0.15, 0.2) is 5.78 Å². The molecule has 0 radical (unpaired) electrons. The molecule has 0 bridgehead atoms. The van der Waals surface area contributed by atoms with Crippen LogP contribution in [-0.4, -0.2) is 29.7 Å². The smallest absolute Gasteiger partial charge is 0.228 e. The standard InChI is InChI=1S/C19H22N2O2S/c1-14(22)18-10-16(13-24-18)11-19(23)20-17-6-4-5-15(9-17)12-21-7-2-3-8-21/h4-6,9-10,13H,2-3,7-8,11-12H2,1H3,(H,20,23). The van der Waals surface area contributed by atoms with E-state index in [0.29, 0.717) is 11.3 Å². The Bertz CT molecular complexity index is 732. The summed E-state index contributed by atoms with van der Waals surface area (Å²) < 4.78 is 0. The maximum Gasteiger partial charge on any atom is 0.228 e. The Morgan fingerprint density at radius 2 is 1.96 bits per heavy atom. The molecule has 2 aromatic rings. The van der Waals surface area contributed by atoms with Gasteiger partial charge in [-0.25, -0.2) is 0 Å². The first-order valence-corrected chi connectivity index (χ1v) is 9.17. The summed E-state index contributed by atoms with van der Waals surface area (Å²) in [6, 6.07) is 9.85. The van der Waals surface area contributed by atoms with Gasteiger partial charge in [0.05, 0.1) is 11.3 Å². The minimum atomic E-state index is -0.0544. The van der Waals surface area contributed by atoms with Gasteiger partial charge in [0, 0.05) is 12.2 Å². The third kappa shape index (κ3) is 4.52. The first-order valence-electron chi connectivity index (χ1n) is 8.29. The monoisotopic (exact) mass is 342 g/mol. The Morgan fingerprint density at radius 3 is 2.67 bits per heavy atom. The summed E-state index contributed by atoms with van der Waals surface area (Å²) in [7, 11) is 0. The number of likely N-dealkylation sites (tertiary alicyclic amines) is 1. The summed E-state index contributed by atoms with van der Waals surface area (Å²) in [6.45, 7) is 4.80. The minimum Gasteiger partial charge on any atom is -0.326 e. The number of amides is 1. The second kappa shape index (κ2) is 7.73. The number of benzene rings is 1. The summed E-state index contributed by atoms with van der Waals surface area (Å²) >= 11 is 1.39. The summed E-state index contributed by atoms with van der Waals surface area (Å²) in [5.41, 5.74) is 2.94. The molecule has 1 aliphatic rings. The van der Waals surface area contributed by atoms with E-state index in [1.54, 1.807) is 13.0 Å². The maximum absolute atomic E-state index is 12.2. The van der Waals surface area contributed by atoms with Crippen molar-refractivity contribution in [3.05, 3.63) is 51.7 Å². The van der Waals surface area contributed by atoms with Gasteiger partial charge >= 0.3 is 0 Å². The number of carbonyl (C=O) groups excluding carboxylic acids is 2. The van der Waals surface area contributed by atoms with Gasteiger partial charge in [-0.3, -0.25) is 14.5 Å². The van der Waals surface area contributed by atoms with Crippen LogP contribution in [0.15, 0.2) is 35.7 Å². The second-order valence-corrected chi connectivity index (χ2v) is 7.20. The normalized spacial score (nSPS) is 14.7. The molecule has 126 valence electrons. The highest BCUT2D eigenvalue weighted by atomic mass is 32.1. The Labute approximate surface area is 146 Å². The van der Waals surface area contributed by atoms with Crippen molar-refractivity contribution in [3.63, 3.8) is 0 Å². The van der Waals surface area contributed by atoms with Crippen molar-refractivity contribution < 1.29 is 9.59 Å². The number of rotatable bonds is 6. The lowest BCUT2D eigenvalue weighted by atomic mass is 10.1. The number of Topliss-reactive ketones (excluding diaryl/α,β-unsaturated/α-hetero) is 1. The fraction of sp³-hybridized carbons (Fsp3) is 0.368. The molecule has 0 saturated carbocycles. The van der Waals surface area contributed by atoms with E-state index in [0.717, 1.165) is 30.9 Å². The molecule has 0 spiro atoms. The third-order valence-corrected chi connectivity index (χ3v) is 5.26. The number of nitrogens with zero attached hydrogens (tertiary/aromatic N) is 1. The zero-order valence-electron chi connectivity index (χ0n) is 13.9. The number of hydrogen-bond donors (Lipinski definition) is 1. The number of nitrogens with one attached hydrogen (secondary N) is 1. The minimum absolute atomic E-state index is 0.0428. The predicted molar refractivity (Wildman–Crippen MR) is 97.6 cm³/mol. The molecule has 2 heterocycles. The molecule has 5 heteroatoms. The van der Waals surface area contributed by atoms with Crippen LogP contribution in [-0.2, 0) is 17.8 Å². The van der Waals surface area contributed by atoms with Crippen molar-refractivity contribution in [2.75, 3.05) is 18.4 Å². The molecule has 1 N–H and O–H groups in total. The van der Waals surface area contributed by atoms with Crippen molar-refractivity contribution in [2.45, 2.75) is 32.7 Å². The second-order valence-electron chi connectivity index (χ2n) is 6.28. The van der Waals surface area contributed by atoms with Crippen LogP contribution in [0.2, 0.25) is 0 Å². The lowest BCUT2D eigenvalue weighted by molar-refractivity contribution is -0.115. The van der Waals surface area contributed by atoms with E-state index >= 15 is 0 Å². The number of ketones is 1. The average molecular weight is 342 g/mol. The Kier molecular flexibility index (Phi) is 5.43. The average Bonchev–Trinajstić information content (AvgIpc) is 3.19. The van der Waals surface area contributed by atoms with Crippen LogP contribution in [0.25, 0.3) is 0 Å². The summed E-state index contributed by atoms with van der Waals surface area (Å²) in [6.07, 6.45) is 2.85. The van der Waals surface area contributed by atoms with Gasteiger partial charge in [-0.15, -0.1) is 11.3 Å². The van der Waals surface area contributed by atoms with Gasteiger partial charge in [0.2, 0.25) is 5.91 Å². The van der Waals surface area contributed by atoms with E-state index < -0.39 is 0 Å². The molecule has 1 aromatic carbocycles. The largest absolute Gasteiger partial charge is 0.326 e. The van der Waals surface area contributed by atoms with E-state index in [9.17, 15) is 9.59 Å². The van der Waals surface area contributed by atoms with Crippen LogP contribution in [0.1, 0.15) is 40.6 Å². The molecule has 0 aliphatic carbocycles. The highest BCUT2D eigenvalue weighted by Crippen LogP contribution is 2.18. The van der Waals surface area contributed by atoms with E-state index in [2.05, 4.69) is 16.3 Å². The van der Waals surface area contributed by atoms with Crippen molar-refractivity contribution in [3.8, 4) is 0 Å². The third-order valence-electron chi connectivity index (χ3n) is 4.18. The predicted octanol–water partition coefficient (Wildman–Crippen LogP) is 3.73. The molecular formula is C19H22N2O2S. The molecule has 4 nitrogen and oxygen atoms in total. The van der Waals surface area contributed by atoms with Crippen LogP contribution in [0.5, 0.6) is 0 Å². The van der Waals surface area contributed by atoms with Crippen LogP contribution >= 0.6 is 11.3 Å². The number of hydrogen-bond acceptors (Lipinski definition) is 4. The van der Waals surface area contributed by atoms with E-state index in [1.165, 1.54) is 29.7 Å². The van der Waals surface area contributed by atoms with E-state index in [4.69, 9.17) is 0 Å². The fourth-order valence-electron chi connectivity index (χ4n) is 2.99. The quantitative estimate of drug-likeness (QED) is 0.814. The molecule has 1 amide bonds. The van der Waals surface area contributed by atoms with E-state index in [-0.39, 0.29) is 11.7 Å². The highest BCUT2D eigenvalue weighted by Gasteiger charge is 2.12. The Hall–Kier alpha value is -1.98. The summed E-state index contributed by atoms with van der Waals surface area (Å²) in [5, 5.41) is 4.83. The maximum atomic E-state index is 12.2. The van der Waals surface area contributed by atoms with Gasteiger partial charge < -0.3 is 5.32 Å². The molecule has 0 atom stereocenters. The lowest BCUT2D eigenvalue weighted by Crippen LogP contribution is -2.18. The van der Waals surface area contributed by atoms with Gasteiger partial charge in [-0.05, 0) is 67.6 Å². The number of thiophene rings is 1. The van der Waals surface area contributed by atoms with Crippen LogP contribution < -0.4 is 5.32 Å². The molecule has 1 fully saturated rings. The van der Waals surface area contributed by atoms with Gasteiger partial charge in [0.25, 0.3) is 0 Å². The fourth-order valence-corrected chi connectivity index (χ4v) is 3.80. The molecule has 0 unspecified atom stereocenters. The van der Waals surface area contributed by atoms with Crippen molar-refractivity contribution in [2.24, 2.45) is 0 Å². The van der Waals surface area contributed by atoms with Crippen LogP contribution in [0.3, 0.4) is 0 Å². The Morgan fingerprint density at radius 1 is 1.17 bits per heavy atom. The van der Waals surface area contributed by atoms with Gasteiger partial charge in [-0.2, -0.15) is 0 Å². The summed E-state index contributed by atoms with van der Waals surface area (Å²) in [4.78, 5) is 26.7. The lowest BCUT2D eigenvalue weighted by Gasteiger charge is -2.15. The van der Waals surface area contributed by atoms with Crippen LogP contribution in [0.4, 0.5) is 5.69 Å². The van der Waals surface area contributed by atoms with E-state index in [1.807, 2.05) is 23.6 Å². The van der Waals surface area contributed by atoms with Crippen molar-refractivity contribution in [1.82, 2.24) is 4.90 Å². The van der Waals surface area contributed by atoms with Gasteiger partial charge in [0.1, 0.15) is 0 Å². The molecule has 3 rings (SSSR count). The van der Waals surface area contributed by atoms with Crippen LogP contribution in [0, 0.1) is 0 Å². The number of anilines is 1. The first kappa shape index (κ1) is 16.9. The van der Waals surface area contributed by atoms with Crippen molar-refractivity contribution in [1.29, 1.82) is 0 Å². The number of carbonyl (C=O) groups is 2. The SMILES string of the molecule is CC(=O)c1cc(CC(=O)Nc2cccc(CN3CCCC3)c2)cs1. The molecular weight excluding hydrogens is 320 g/mol. The first-order chi connectivity index (χ1) is 11.6. The van der Waals surface area contributed by atoms with Crippen molar-refractivity contribution >= 4 is 28.7 Å². The molecule has 1 aromatic heterocycles. The molecule has 1 aliphatic heterocycles. The van der Waals surface area contributed by atoms with Gasteiger partial charge in [-0.1, -0.05) is 12.1 Å². The zero-order chi connectivity index (χ0) is 16.9.